The number of piperidine rings is 1. The number of halogens is 4. The van der Waals surface area contributed by atoms with Gasteiger partial charge in [-0.2, -0.15) is 0 Å². The molecule has 2 N–H and O–H groups in total. The Hall–Kier alpha value is -4.03. The lowest BCUT2D eigenvalue weighted by Crippen LogP contribution is -2.45. The third-order valence-electron chi connectivity index (χ3n) is 6.76. The molecule has 7 nitrogen and oxygen atoms in total. The second-order valence-corrected chi connectivity index (χ2v) is 10.8. The lowest BCUT2D eigenvalue weighted by molar-refractivity contribution is -0.0240. The van der Waals surface area contributed by atoms with Crippen LogP contribution in [0.2, 0.25) is 0 Å². The zero-order chi connectivity index (χ0) is 27.9. The molecular weight excluding hydrogens is 538 g/mol. The Kier molecular flexibility index (Phi) is 6.77. The summed E-state index contributed by atoms with van der Waals surface area (Å²) in [6.07, 6.45) is 1.16. The average Bonchev–Trinajstić information content (AvgIpc) is 2.91. The fraction of sp³-hybridized carbons (Fsp3) is 0.185. The van der Waals surface area contributed by atoms with E-state index >= 15 is 0 Å². The van der Waals surface area contributed by atoms with Crippen molar-refractivity contribution in [1.29, 1.82) is 0 Å². The van der Waals surface area contributed by atoms with Crippen molar-refractivity contribution in [2.24, 2.45) is 0 Å². The van der Waals surface area contributed by atoms with E-state index in [1.807, 2.05) is 0 Å². The highest BCUT2D eigenvalue weighted by atomic mass is 32.2. The number of sulfonamides is 1. The highest BCUT2D eigenvalue weighted by Crippen LogP contribution is 2.35. The third kappa shape index (κ3) is 4.92. The number of hydrogen-bond donors (Lipinski definition) is 2. The van der Waals surface area contributed by atoms with E-state index in [4.69, 9.17) is 0 Å². The molecule has 1 amide bonds. The maximum absolute atomic E-state index is 14.9. The number of fused-ring (bicyclic) bond motifs is 1. The van der Waals surface area contributed by atoms with Gasteiger partial charge in [0.1, 0.15) is 16.5 Å². The first-order valence-corrected chi connectivity index (χ1v) is 13.3. The van der Waals surface area contributed by atoms with Crippen LogP contribution < -0.4 is 4.72 Å². The van der Waals surface area contributed by atoms with E-state index < -0.39 is 50.5 Å². The van der Waals surface area contributed by atoms with Gasteiger partial charge in [0.2, 0.25) is 0 Å². The van der Waals surface area contributed by atoms with Crippen molar-refractivity contribution in [3.8, 4) is 0 Å². The lowest BCUT2D eigenvalue weighted by Gasteiger charge is -2.38. The molecule has 3 aromatic carbocycles. The van der Waals surface area contributed by atoms with E-state index in [2.05, 4.69) is 9.71 Å². The average molecular weight is 560 g/mol. The van der Waals surface area contributed by atoms with Gasteiger partial charge < -0.3 is 10.0 Å². The molecule has 0 saturated carbocycles. The summed E-state index contributed by atoms with van der Waals surface area (Å²) in [5, 5.41) is 10.9. The van der Waals surface area contributed by atoms with Crippen molar-refractivity contribution in [2.45, 2.75) is 23.3 Å². The zero-order valence-electron chi connectivity index (χ0n) is 20.2. The fourth-order valence-electron chi connectivity index (χ4n) is 4.65. The first kappa shape index (κ1) is 26.6. The standard InChI is InChI=1S/C27H21F4N3O4S/c28-19-7-9-23(25-17(19)3-2-12-32-25)39(37,38)33-22-8-6-16(15-21(22)30)26(35)34-13-10-27(36,11-14-34)18-4-1-5-20(29)24(18)31/h1-9,12,15,33,36H,10-11,13-14H2. The Bertz CT molecular complexity index is 1710. The number of carbonyl (C=O) groups is 1. The molecule has 1 aliphatic rings. The van der Waals surface area contributed by atoms with E-state index in [-0.39, 0.29) is 52.9 Å². The summed E-state index contributed by atoms with van der Waals surface area (Å²) in [6.45, 7) is -0.0160. The SMILES string of the molecule is O=C(c1ccc(NS(=O)(=O)c2ccc(F)c3cccnc23)c(F)c1)N1CCC(O)(c2cccc(F)c2F)CC1. The molecule has 0 unspecified atom stereocenters. The molecule has 0 spiro atoms. The van der Waals surface area contributed by atoms with E-state index in [0.717, 1.165) is 30.3 Å². The van der Waals surface area contributed by atoms with Crippen LogP contribution in [0.15, 0.2) is 71.8 Å². The second kappa shape index (κ2) is 9.93. The predicted octanol–water partition coefficient (Wildman–Crippen LogP) is 4.72. The summed E-state index contributed by atoms with van der Waals surface area (Å²) in [7, 11) is -4.38. The first-order valence-electron chi connectivity index (χ1n) is 11.8. The van der Waals surface area contributed by atoms with E-state index in [1.165, 1.54) is 41.4 Å². The van der Waals surface area contributed by atoms with Crippen molar-refractivity contribution >= 4 is 32.5 Å². The van der Waals surface area contributed by atoms with Crippen molar-refractivity contribution in [1.82, 2.24) is 9.88 Å². The van der Waals surface area contributed by atoms with Crippen LogP contribution in [-0.2, 0) is 15.6 Å². The monoisotopic (exact) mass is 559 g/mol. The van der Waals surface area contributed by atoms with Crippen LogP contribution in [0.4, 0.5) is 23.2 Å². The summed E-state index contributed by atoms with van der Waals surface area (Å²) < 4.78 is 85.0. The molecule has 2 heterocycles. The van der Waals surface area contributed by atoms with Gasteiger partial charge in [-0.25, -0.2) is 26.0 Å². The van der Waals surface area contributed by atoms with E-state index in [0.29, 0.717) is 0 Å². The molecule has 1 fully saturated rings. The zero-order valence-corrected chi connectivity index (χ0v) is 21.0. The van der Waals surface area contributed by atoms with Crippen LogP contribution >= 0.6 is 0 Å². The van der Waals surface area contributed by atoms with Gasteiger partial charge in [0.05, 0.1) is 16.8 Å². The van der Waals surface area contributed by atoms with Gasteiger partial charge in [-0.1, -0.05) is 12.1 Å². The Morgan fingerprint density at radius 3 is 2.38 bits per heavy atom. The van der Waals surface area contributed by atoms with Crippen molar-refractivity contribution in [3.63, 3.8) is 0 Å². The number of aromatic nitrogens is 1. The van der Waals surface area contributed by atoms with Crippen LogP contribution in [0.5, 0.6) is 0 Å². The van der Waals surface area contributed by atoms with Crippen molar-refractivity contribution in [2.75, 3.05) is 17.8 Å². The number of pyridine rings is 1. The van der Waals surface area contributed by atoms with Gasteiger partial charge in [-0.15, -0.1) is 0 Å². The lowest BCUT2D eigenvalue weighted by atomic mass is 9.84. The molecule has 202 valence electrons. The minimum Gasteiger partial charge on any atom is -0.385 e. The van der Waals surface area contributed by atoms with Crippen molar-refractivity contribution in [3.05, 3.63) is 101 Å². The second-order valence-electron chi connectivity index (χ2n) is 9.17. The smallest absolute Gasteiger partial charge is 0.264 e. The van der Waals surface area contributed by atoms with E-state index in [9.17, 15) is 35.9 Å². The number of nitrogens with one attached hydrogen (secondary N) is 1. The molecule has 1 saturated heterocycles. The molecule has 0 radical (unpaired) electrons. The van der Waals surface area contributed by atoms with Crippen LogP contribution in [0.3, 0.4) is 0 Å². The van der Waals surface area contributed by atoms with Crippen LogP contribution in [-0.4, -0.2) is 42.4 Å². The maximum atomic E-state index is 14.9. The van der Waals surface area contributed by atoms with Crippen molar-refractivity contribution < 1.29 is 35.9 Å². The number of rotatable bonds is 5. The Morgan fingerprint density at radius 2 is 1.67 bits per heavy atom. The Balaban J connectivity index is 1.32. The molecule has 1 aliphatic heterocycles. The van der Waals surface area contributed by atoms with Gasteiger partial charge in [0.25, 0.3) is 15.9 Å². The predicted molar refractivity (Wildman–Crippen MR) is 134 cm³/mol. The fourth-order valence-corrected chi connectivity index (χ4v) is 5.88. The normalized spacial score (nSPS) is 15.4. The number of carbonyl (C=O) groups excluding carboxylic acids is 1. The number of nitrogens with zero attached hydrogens (tertiary/aromatic N) is 2. The molecule has 0 bridgehead atoms. The largest absolute Gasteiger partial charge is 0.385 e. The summed E-state index contributed by atoms with van der Waals surface area (Å²) >= 11 is 0. The third-order valence-corrected chi connectivity index (χ3v) is 8.16. The van der Waals surface area contributed by atoms with Crippen LogP contribution in [0.1, 0.15) is 28.8 Å². The van der Waals surface area contributed by atoms with Crippen LogP contribution in [0.25, 0.3) is 10.9 Å². The topological polar surface area (TPSA) is 99.6 Å². The first-order chi connectivity index (χ1) is 18.5. The molecule has 5 rings (SSSR count). The number of aliphatic hydroxyl groups is 1. The molecule has 39 heavy (non-hydrogen) atoms. The number of hydrogen-bond acceptors (Lipinski definition) is 5. The highest BCUT2D eigenvalue weighted by molar-refractivity contribution is 7.93. The summed E-state index contributed by atoms with van der Waals surface area (Å²) in [5.41, 5.74) is -2.50. The molecule has 12 heteroatoms. The number of amides is 1. The minimum absolute atomic E-state index is 0.00801. The van der Waals surface area contributed by atoms with Gasteiger partial charge in [-0.05, 0) is 61.4 Å². The molecule has 0 aliphatic carbocycles. The molecule has 1 aromatic heterocycles. The molecule has 4 aromatic rings. The number of likely N-dealkylation sites (tertiary alicyclic amines) is 1. The summed E-state index contributed by atoms with van der Waals surface area (Å²) in [5.74, 6) is -4.51. The van der Waals surface area contributed by atoms with Crippen LogP contribution in [0, 0.1) is 23.3 Å². The van der Waals surface area contributed by atoms with Gasteiger partial charge >= 0.3 is 0 Å². The number of benzene rings is 3. The van der Waals surface area contributed by atoms with Gasteiger partial charge in [-0.3, -0.25) is 14.5 Å². The Labute approximate surface area is 220 Å². The summed E-state index contributed by atoms with van der Waals surface area (Å²) in [6, 6.07) is 11.5. The van der Waals surface area contributed by atoms with E-state index in [1.54, 1.807) is 0 Å². The van der Waals surface area contributed by atoms with Gasteiger partial charge in [0.15, 0.2) is 11.6 Å². The quantitative estimate of drug-likeness (QED) is 0.345. The number of anilines is 1. The highest BCUT2D eigenvalue weighted by Gasteiger charge is 2.38. The Morgan fingerprint density at radius 1 is 0.923 bits per heavy atom. The summed E-state index contributed by atoms with van der Waals surface area (Å²) in [4.78, 5) is 17.9. The molecule has 0 atom stereocenters. The molecular formula is C27H21F4N3O4S. The van der Waals surface area contributed by atoms with Gasteiger partial charge in [0, 0.05) is 35.8 Å². The minimum atomic E-state index is -4.38. The maximum Gasteiger partial charge on any atom is 0.264 e.